The van der Waals surface area contributed by atoms with Gasteiger partial charge in [0.25, 0.3) is 0 Å². The Bertz CT molecular complexity index is 241. The van der Waals surface area contributed by atoms with Gasteiger partial charge in [-0.15, -0.1) is 0 Å². The lowest BCUT2D eigenvalue weighted by Crippen LogP contribution is -1.92. The summed E-state index contributed by atoms with van der Waals surface area (Å²) in [6.07, 6.45) is 6.08. The second-order valence-electron chi connectivity index (χ2n) is 4.31. The maximum Gasteiger partial charge on any atom is 0.330 e. The van der Waals surface area contributed by atoms with Crippen LogP contribution in [0.3, 0.4) is 0 Å². The predicted octanol–water partition coefficient (Wildman–Crippen LogP) is 3.24. The first-order valence-corrected chi connectivity index (χ1v) is 6.59. The first kappa shape index (κ1) is 23.5. The minimum absolute atomic E-state index is 0.176. The monoisotopic (exact) mass is 288 g/mol. The van der Waals surface area contributed by atoms with Crippen molar-refractivity contribution in [2.45, 2.75) is 52.9 Å². The summed E-state index contributed by atoms with van der Waals surface area (Å²) in [5.41, 5.74) is 0.352. The van der Waals surface area contributed by atoms with Crippen LogP contribution in [0.4, 0.5) is 0 Å². The lowest BCUT2D eigenvalue weighted by Gasteiger charge is -1.93. The highest BCUT2D eigenvalue weighted by molar-refractivity contribution is 5.85. The molecule has 20 heavy (non-hydrogen) atoms. The molecule has 0 saturated heterocycles. The van der Waals surface area contributed by atoms with E-state index in [9.17, 15) is 9.59 Å². The minimum Gasteiger partial charge on any atom is -0.478 e. The molecule has 0 aliphatic carbocycles. The molecule has 0 aromatic rings. The first-order valence-electron chi connectivity index (χ1n) is 6.59. The maximum atomic E-state index is 9.60. The summed E-state index contributed by atoms with van der Waals surface area (Å²) in [6, 6.07) is 0. The largest absolute Gasteiger partial charge is 0.478 e. The van der Waals surface area contributed by atoms with E-state index in [1.807, 2.05) is 0 Å². The Morgan fingerprint density at radius 1 is 0.850 bits per heavy atom. The number of aliphatic hydroxyl groups excluding tert-OH is 1. The molecule has 0 amide bonds. The van der Waals surface area contributed by atoms with Crippen LogP contribution in [0.15, 0.2) is 24.3 Å². The van der Waals surface area contributed by atoms with Gasteiger partial charge in [0.1, 0.15) is 0 Å². The molecule has 0 rings (SSSR count). The second-order valence-corrected chi connectivity index (χ2v) is 4.31. The lowest BCUT2D eigenvalue weighted by molar-refractivity contribution is -0.133. The van der Waals surface area contributed by atoms with Crippen LogP contribution in [0.5, 0.6) is 0 Å². The van der Waals surface area contributed by atoms with Crippen LogP contribution >= 0.6 is 0 Å². The van der Waals surface area contributed by atoms with Crippen molar-refractivity contribution in [1.82, 2.24) is 0 Å². The summed E-state index contributed by atoms with van der Waals surface area (Å²) < 4.78 is 0. The van der Waals surface area contributed by atoms with Crippen molar-refractivity contribution >= 4 is 11.9 Å². The normalized spacial score (nSPS) is 8.40. The van der Waals surface area contributed by atoms with E-state index >= 15 is 0 Å². The zero-order valence-electron chi connectivity index (χ0n) is 12.8. The molecule has 3 N–H and O–H groups in total. The van der Waals surface area contributed by atoms with Gasteiger partial charge in [0, 0.05) is 17.8 Å². The summed E-state index contributed by atoms with van der Waals surface area (Å²) >= 11 is 0. The molecule has 0 atom stereocenters. The standard InChI is InChI=1S/C7H16O.2C4H6O2/c1-2-3-4-5-6-7-8;2*1-3(2)4(5)6/h8H,2-7H2,1H3;2*1H2,2H3,(H,5,6). The molecule has 5 heteroatoms. The zero-order valence-corrected chi connectivity index (χ0v) is 12.8. The van der Waals surface area contributed by atoms with E-state index in [1.165, 1.54) is 39.5 Å². The average Bonchev–Trinajstić information content (AvgIpc) is 2.36. The van der Waals surface area contributed by atoms with Gasteiger partial charge in [-0.3, -0.25) is 0 Å². The zero-order chi connectivity index (χ0) is 16.6. The van der Waals surface area contributed by atoms with Gasteiger partial charge in [-0.25, -0.2) is 9.59 Å². The predicted molar refractivity (Wildman–Crippen MR) is 80.7 cm³/mol. The van der Waals surface area contributed by atoms with Crippen molar-refractivity contribution in [2.75, 3.05) is 6.61 Å². The molecule has 0 fully saturated rings. The van der Waals surface area contributed by atoms with Crippen molar-refractivity contribution in [2.24, 2.45) is 0 Å². The smallest absolute Gasteiger partial charge is 0.330 e. The van der Waals surface area contributed by atoms with Gasteiger partial charge in [-0.05, 0) is 20.3 Å². The topological polar surface area (TPSA) is 94.8 Å². The molecular weight excluding hydrogens is 260 g/mol. The van der Waals surface area contributed by atoms with Crippen LogP contribution in [0.1, 0.15) is 52.9 Å². The Hall–Kier alpha value is -1.62. The summed E-state index contributed by atoms with van der Waals surface area (Å²) in [7, 11) is 0. The molecule has 0 aromatic heterocycles. The molecule has 0 radical (unpaired) electrons. The fourth-order valence-electron chi connectivity index (χ4n) is 0.715. The molecule has 0 aromatic carbocycles. The Kier molecular flexibility index (Phi) is 20.4. The lowest BCUT2D eigenvalue weighted by atomic mass is 10.2. The molecule has 0 unspecified atom stereocenters. The van der Waals surface area contributed by atoms with Crippen LogP contribution < -0.4 is 0 Å². The van der Waals surface area contributed by atoms with Crippen molar-refractivity contribution in [3.63, 3.8) is 0 Å². The molecule has 0 aliphatic heterocycles. The number of aliphatic hydroxyl groups is 1. The molecule has 118 valence electrons. The van der Waals surface area contributed by atoms with Crippen molar-refractivity contribution in [1.29, 1.82) is 0 Å². The highest BCUT2D eigenvalue weighted by Crippen LogP contribution is 2.00. The van der Waals surface area contributed by atoms with Gasteiger partial charge in [0.2, 0.25) is 0 Å². The van der Waals surface area contributed by atoms with Crippen molar-refractivity contribution in [3.8, 4) is 0 Å². The van der Waals surface area contributed by atoms with Gasteiger partial charge >= 0.3 is 11.9 Å². The fourth-order valence-corrected chi connectivity index (χ4v) is 0.715. The van der Waals surface area contributed by atoms with E-state index in [2.05, 4.69) is 20.1 Å². The molecule has 0 saturated carbocycles. The van der Waals surface area contributed by atoms with E-state index in [-0.39, 0.29) is 11.1 Å². The van der Waals surface area contributed by atoms with E-state index < -0.39 is 11.9 Å². The van der Waals surface area contributed by atoms with Gasteiger partial charge < -0.3 is 15.3 Å². The number of hydrogen-bond donors (Lipinski definition) is 3. The minimum atomic E-state index is -0.935. The van der Waals surface area contributed by atoms with Crippen LogP contribution in [-0.2, 0) is 9.59 Å². The quantitative estimate of drug-likeness (QED) is 0.494. The first-order chi connectivity index (χ1) is 9.20. The third-order valence-corrected chi connectivity index (χ3v) is 1.99. The molecule has 0 heterocycles. The van der Waals surface area contributed by atoms with Gasteiger partial charge in [-0.1, -0.05) is 45.8 Å². The van der Waals surface area contributed by atoms with E-state index in [0.717, 1.165) is 6.42 Å². The SMILES string of the molecule is C=C(C)C(=O)O.C=C(C)C(=O)O.CCCCCCCO. The van der Waals surface area contributed by atoms with Crippen LogP contribution in [0.25, 0.3) is 0 Å². The Morgan fingerprint density at radius 3 is 1.35 bits per heavy atom. The van der Waals surface area contributed by atoms with Gasteiger partial charge in [0.05, 0.1) is 0 Å². The highest BCUT2D eigenvalue weighted by atomic mass is 16.4. The second kappa shape index (κ2) is 17.4. The molecule has 0 bridgehead atoms. The molecule has 5 nitrogen and oxygen atoms in total. The molecular formula is C15H28O5. The van der Waals surface area contributed by atoms with E-state index in [4.69, 9.17) is 15.3 Å². The molecule has 0 aliphatic rings. The summed E-state index contributed by atoms with van der Waals surface area (Å²) in [5.74, 6) is -1.87. The van der Waals surface area contributed by atoms with Crippen LogP contribution in [0.2, 0.25) is 0 Å². The number of carboxylic acid groups (broad SMARTS) is 2. The number of aliphatic carboxylic acids is 2. The Morgan fingerprint density at radius 2 is 1.15 bits per heavy atom. The highest BCUT2D eigenvalue weighted by Gasteiger charge is 1.90. The van der Waals surface area contributed by atoms with Gasteiger partial charge in [-0.2, -0.15) is 0 Å². The molecule has 0 spiro atoms. The third kappa shape index (κ3) is 29.9. The Labute approximate surface area is 121 Å². The summed E-state index contributed by atoms with van der Waals surface area (Å²) in [6.45, 7) is 11.8. The summed E-state index contributed by atoms with van der Waals surface area (Å²) in [5, 5.41) is 24.1. The average molecular weight is 288 g/mol. The number of unbranched alkanes of at least 4 members (excludes halogenated alkanes) is 4. The number of carbonyl (C=O) groups is 2. The summed E-state index contributed by atoms with van der Waals surface area (Å²) in [4.78, 5) is 19.2. The van der Waals surface area contributed by atoms with Crippen molar-refractivity contribution < 1.29 is 24.9 Å². The van der Waals surface area contributed by atoms with Crippen LogP contribution in [0, 0.1) is 0 Å². The number of hydrogen-bond acceptors (Lipinski definition) is 3. The Balaban J connectivity index is -0.000000221. The number of rotatable bonds is 7. The fraction of sp³-hybridized carbons (Fsp3) is 0.600. The third-order valence-electron chi connectivity index (χ3n) is 1.99. The van der Waals surface area contributed by atoms with E-state index in [1.54, 1.807) is 0 Å². The van der Waals surface area contributed by atoms with Crippen LogP contribution in [-0.4, -0.2) is 33.9 Å². The van der Waals surface area contributed by atoms with E-state index in [0.29, 0.717) is 6.61 Å². The van der Waals surface area contributed by atoms with Gasteiger partial charge in [0.15, 0.2) is 0 Å². The maximum absolute atomic E-state index is 9.60. The number of carboxylic acids is 2. The van der Waals surface area contributed by atoms with Crippen molar-refractivity contribution in [3.05, 3.63) is 24.3 Å².